The van der Waals surface area contributed by atoms with Crippen LogP contribution in [0.25, 0.3) is 0 Å². The van der Waals surface area contributed by atoms with Crippen molar-refractivity contribution in [1.29, 1.82) is 0 Å². The number of hydrogen-bond donors (Lipinski definition) is 1. The van der Waals surface area contributed by atoms with Gasteiger partial charge in [0, 0.05) is 11.9 Å². The Kier molecular flexibility index (Phi) is 6.04. The first kappa shape index (κ1) is 17.0. The number of carbonyl (C=O) groups excluding carboxylic acids is 1. The number of nitrogens with zero attached hydrogens (tertiary/aromatic N) is 1. The molecule has 0 aliphatic heterocycles. The highest BCUT2D eigenvalue weighted by molar-refractivity contribution is 7.98. The standard InChI is InChI=1S/C13H20N2O3S2/c1-10(11-5-7-12(19-3)8-6-11)14-13(16)9-15(2)20(4,17)18/h5-8,10H,9H2,1-4H3,(H,14,16)/t10-/m1/s1. The van der Waals surface area contributed by atoms with Crippen molar-refractivity contribution in [2.75, 3.05) is 26.1 Å². The molecule has 0 unspecified atom stereocenters. The molecule has 1 amide bonds. The van der Waals surface area contributed by atoms with E-state index in [0.717, 1.165) is 21.0 Å². The molecule has 0 radical (unpaired) electrons. The molecule has 20 heavy (non-hydrogen) atoms. The van der Waals surface area contributed by atoms with Gasteiger partial charge in [0.1, 0.15) is 0 Å². The molecule has 0 bridgehead atoms. The van der Waals surface area contributed by atoms with Gasteiger partial charge in [0.2, 0.25) is 15.9 Å². The molecule has 0 aliphatic carbocycles. The van der Waals surface area contributed by atoms with Gasteiger partial charge in [-0.15, -0.1) is 11.8 Å². The monoisotopic (exact) mass is 316 g/mol. The van der Waals surface area contributed by atoms with Crippen LogP contribution >= 0.6 is 11.8 Å². The molecule has 1 rings (SSSR count). The largest absolute Gasteiger partial charge is 0.348 e. The maximum atomic E-state index is 11.8. The molecule has 1 atom stereocenters. The molecule has 1 aromatic rings. The van der Waals surface area contributed by atoms with Crippen LogP contribution < -0.4 is 5.32 Å². The molecule has 0 saturated heterocycles. The topological polar surface area (TPSA) is 66.5 Å². The van der Waals surface area contributed by atoms with Crippen molar-refractivity contribution in [2.24, 2.45) is 0 Å². The predicted octanol–water partition coefficient (Wildman–Crippen LogP) is 1.48. The molecule has 0 spiro atoms. The molecule has 5 nitrogen and oxygen atoms in total. The maximum absolute atomic E-state index is 11.8. The number of hydrogen-bond acceptors (Lipinski definition) is 4. The Balaban J connectivity index is 2.61. The minimum atomic E-state index is -3.34. The van der Waals surface area contributed by atoms with Crippen LogP contribution in [-0.2, 0) is 14.8 Å². The van der Waals surface area contributed by atoms with Gasteiger partial charge in [-0.3, -0.25) is 4.79 Å². The highest BCUT2D eigenvalue weighted by Crippen LogP contribution is 2.18. The molecule has 0 aliphatic rings. The molecule has 0 saturated carbocycles. The first-order chi connectivity index (χ1) is 9.24. The maximum Gasteiger partial charge on any atom is 0.235 e. The molecule has 112 valence electrons. The zero-order valence-electron chi connectivity index (χ0n) is 12.1. The van der Waals surface area contributed by atoms with Crippen LogP contribution in [0.2, 0.25) is 0 Å². The van der Waals surface area contributed by atoms with Crippen molar-refractivity contribution in [2.45, 2.75) is 17.9 Å². The molecule has 1 N–H and O–H groups in total. The third kappa shape index (κ3) is 5.15. The number of amides is 1. The van der Waals surface area contributed by atoms with Crippen LogP contribution in [0, 0.1) is 0 Å². The van der Waals surface area contributed by atoms with E-state index in [0.29, 0.717) is 0 Å². The molecule has 0 heterocycles. The number of carbonyl (C=O) groups is 1. The van der Waals surface area contributed by atoms with Gasteiger partial charge in [-0.2, -0.15) is 4.31 Å². The number of nitrogens with one attached hydrogen (secondary N) is 1. The van der Waals surface area contributed by atoms with E-state index in [4.69, 9.17) is 0 Å². The Bertz CT molecular complexity index is 555. The van der Waals surface area contributed by atoms with E-state index in [1.807, 2.05) is 37.4 Å². The first-order valence-corrected chi connectivity index (χ1v) is 9.16. The van der Waals surface area contributed by atoms with Crippen molar-refractivity contribution >= 4 is 27.7 Å². The van der Waals surface area contributed by atoms with Crippen LogP contribution in [0.1, 0.15) is 18.5 Å². The summed E-state index contributed by atoms with van der Waals surface area (Å²) in [6.07, 6.45) is 3.08. The fourth-order valence-electron chi connectivity index (χ4n) is 1.58. The van der Waals surface area contributed by atoms with Gasteiger partial charge in [-0.25, -0.2) is 8.42 Å². The second-order valence-electron chi connectivity index (χ2n) is 4.58. The van der Waals surface area contributed by atoms with Gasteiger partial charge in [0.25, 0.3) is 0 Å². The lowest BCUT2D eigenvalue weighted by atomic mass is 10.1. The Labute approximate surface area is 124 Å². The average molecular weight is 316 g/mol. The second kappa shape index (κ2) is 7.10. The quantitative estimate of drug-likeness (QED) is 0.807. The second-order valence-corrected chi connectivity index (χ2v) is 7.55. The molecule has 7 heteroatoms. The Morgan fingerprint density at radius 1 is 1.35 bits per heavy atom. The van der Waals surface area contributed by atoms with Crippen molar-refractivity contribution in [3.8, 4) is 0 Å². The highest BCUT2D eigenvalue weighted by atomic mass is 32.2. The third-order valence-corrected chi connectivity index (χ3v) is 4.93. The number of sulfonamides is 1. The van der Waals surface area contributed by atoms with Crippen LogP contribution in [0.4, 0.5) is 0 Å². The number of benzene rings is 1. The van der Waals surface area contributed by atoms with Crippen LogP contribution in [0.5, 0.6) is 0 Å². The SMILES string of the molecule is CSc1ccc([C@@H](C)NC(=O)CN(C)S(C)(=O)=O)cc1. The predicted molar refractivity (Wildman–Crippen MR) is 82.3 cm³/mol. The van der Waals surface area contributed by atoms with E-state index in [1.54, 1.807) is 11.8 Å². The zero-order chi connectivity index (χ0) is 15.3. The summed E-state index contributed by atoms with van der Waals surface area (Å²) < 4.78 is 23.5. The van der Waals surface area contributed by atoms with E-state index >= 15 is 0 Å². The molecule has 0 fully saturated rings. The summed E-state index contributed by atoms with van der Waals surface area (Å²) >= 11 is 1.65. The fourth-order valence-corrected chi connectivity index (χ4v) is 2.34. The minimum Gasteiger partial charge on any atom is -0.348 e. The molecular formula is C13H20N2O3S2. The van der Waals surface area contributed by atoms with Gasteiger partial charge in [0.05, 0.1) is 18.8 Å². The van der Waals surface area contributed by atoms with Crippen molar-refractivity contribution in [1.82, 2.24) is 9.62 Å². The third-order valence-electron chi connectivity index (χ3n) is 2.93. The Morgan fingerprint density at radius 3 is 2.35 bits per heavy atom. The van der Waals surface area contributed by atoms with Crippen LogP contribution in [0.3, 0.4) is 0 Å². The number of likely N-dealkylation sites (N-methyl/N-ethyl adjacent to an activating group) is 1. The lowest BCUT2D eigenvalue weighted by Gasteiger charge is -2.18. The van der Waals surface area contributed by atoms with E-state index < -0.39 is 10.0 Å². The van der Waals surface area contributed by atoms with E-state index in [9.17, 15) is 13.2 Å². The summed E-state index contributed by atoms with van der Waals surface area (Å²) in [7, 11) is -1.96. The van der Waals surface area contributed by atoms with Crippen LogP contribution in [0.15, 0.2) is 29.2 Å². The van der Waals surface area contributed by atoms with E-state index in [-0.39, 0.29) is 18.5 Å². The average Bonchev–Trinajstić information content (AvgIpc) is 2.37. The first-order valence-electron chi connectivity index (χ1n) is 6.08. The van der Waals surface area contributed by atoms with E-state index in [2.05, 4.69) is 5.32 Å². The van der Waals surface area contributed by atoms with Crippen molar-refractivity contribution in [3.05, 3.63) is 29.8 Å². The minimum absolute atomic E-state index is 0.161. The van der Waals surface area contributed by atoms with Gasteiger partial charge >= 0.3 is 0 Å². The Morgan fingerprint density at radius 2 is 1.90 bits per heavy atom. The van der Waals surface area contributed by atoms with E-state index in [1.165, 1.54) is 7.05 Å². The van der Waals surface area contributed by atoms with Crippen LogP contribution in [-0.4, -0.2) is 44.7 Å². The molecule has 0 aromatic heterocycles. The summed E-state index contributed by atoms with van der Waals surface area (Å²) in [5, 5.41) is 2.78. The van der Waals surface area contributed by atoms with Gasteiger partial charge in [0.15, 0.2) is 0 Å². The highest BCUT2D eigenvalue weighted by Gasteiger charge is 2.16. The lowest BCUT2D eigenvalue weighted by molar-refractivity contribution is -0.121. The molecule has 1 aromatic carbocycles. The van der Waals surface area contributed by atoms with Gasteiger partial charge in [-0.1, -0.05) is 12.1 Å². The lowest BCUT2D eigenvalue weighted by Crippen LogP contribution is -2.38. The van der Waals surface area contributed by atoms with Gasteiger partial charge in [-0.05, 0) is 30.9 Å². The van der Waals surface area contributed by atoms with Crippen molar-refractivity contribution < 1.29 is 13.2 Å². The molecular weight excluding hydrogens is 296 g/mol. The zero-order valence-corrected chi connectivity index (χ0v) is 13.7. The fraction of sp³-hybridized carbons (Fsp3) is 0.462. The summed E-state index contributed by atoms with van der Waals surface area (Å²) in [5.74, 6) is -0.320. The summed E-state index contributed by atoms with van der Waals surface area (Å²) in [4.78, 5) is 12.9. The smallest absolute Gasteiger partial charge is 0.235 e. The Hall–Kier alpha value is -1.05. The normalized spacial score (nSPS) is 13.2. The number of thioether (sulfide) groups is 1. The summed E-state index contributed by atoms with van der Waals surface area (Å²) in [6.45, 7) is 1.69. The summed E-state index contributed by atoms with van der Waals surface area (Å²) in [5.41, 5.74) is 0.984. The number of rotatable bonds is 6. The van der Waals surface area contributed by atoms with Gasteiger partial charge < -0.3 is 5.32 Å². The summed E-state index contributed by atoms with van der Waals surface area (Å²) in [6, 6.07) is 7.73. The van der Waals surface area contributed by atoms with Crippen molar-refractivity contribution in [3.63, 3.8) is 0 Å².